The molecule has 26 heavy (non-hydrogen) atoms. The molecule has 2 amide bonds. The highest BCUT2D eigenvalue weighted by Crippen LogP contribution is 2.20. The molecule has 2 rings (SSSR count). The zero-order valence-corrected chi connectivity index (χ0v) is 15.5. The number of hydrogen-bond donors (Lipinski definition) is 2. The maximum atomic E-state index is 12.1. The van der Waals surface area contributed by atoms with Gasteiger partial charge in [0.2, 0.25) is 5.91 Å². The highest BCUT2D eigenvalue weighted by Gasteiger charge is 2.11. The lowest BCUT2D eigenvalue weighted by atomic mass is 10.1. The van der Waals surface area contributed by atoms with Gasteiger partial charge in [-0.1, -0.05) is 12.1 Å². The van der Waals surface area contributed by atoms with Crippen molar-refractivity contribution in [3.63, 3.8) is 0 Å². The summed E-state index contributed by atoms with van der Waals surface area (Å²) in [6.45, 7) is 6.30. The standard InChI is InChI=1S/C20H26N2O4/c1-14(2)26-17-8-4-7-16(13-17)15(3)22-19(23)10-5-11-21-20(24)18-9-6-12-25-18/h4,6-9,12-15H,5,10-11H2,1-3H3,(H,21,24)(H,22,23). The number of ether oxygens (including phenoxy) is 1. The van der Waals surface area contributed by atoms with Gasteiger partial charge in [0.05, 0.1) is 18.4 Å². The van der Waals surface area contributed by atoms with Crippen molar-refractivity contribution < 1.29 is 18.7 Å². The van der Waals surface area contributed by atoms with E-state index in [9.17, 15) is 9.59 Å². The largest absolute Gasteiger partial charge is 0.491 e. The van der Waals surface area contributed by atoms with Crippen LogP contribution in [0.15, 0.2) is 47.1 Å². The Balaban J connectivity index is 1.72. The van der Waals surface area contributed by atoms with E-state index >= 15 is 0 Å². The molecule has 0 aliphatic carbocycles. The molecule has 0 aliphatic rings. The lowest BCUT2D eigenvalue weighted by Gasteiger charge is -2.16. The van der Waals surface area contributed by atoms with Crippen LogP contribution in [0.3, 0.4) is 0 Å². The number of benzene rings is 1. The van der Waals surface area contributed by atoms with Crippen molar-refractivity contribution in [1.82, 2.24) is 10.6 Å². The molecule has 1 aromatic carbocycles. The van der Waals surface area contributed by atoms with Crippen LogP contribution in [0.4, 0.5) is 0 Å². The second-order valence-corrected chi connectivity index (χ2v) is 6.37. The minimum absolute atomic E-state index is 0.0556. The van der Waals surface area contributed by atoms with Crippen LogP contribution in [0.25, 0.3) is 0 Å². The molecule has 1 atom stereocenters. The first-order chi connectivity index (χ1) is 12.5. The minimum Gasteiger partial charge on any atom is -0.491 e. The van der Waals surface area contributed by atoms with E-state index in [1.807, 2.05) is 45.0 Å². The molecular weight excluding hydrogens is 332 g/mol. The summed E-state index contributed by atoms with van der Waals surface area (Å²) in [5.74, 6) is 0.733. The van der Waals surface area contributed by atoms with E-state index in [0.29, 0.717) is 19.4 Å². The molecule has 140 valence electrons. The van der Waals surface area contributed by atoms with Crippen molar-refractivity contribution in [2.45, 2.75) is 45.8 Å². The lowest BCUT2D eigenvalue weighted by Crippen LogP contribution is -2.29. The van der Waals surface area contributed by atoms with E-state index in [0.717, 1.165) is 11.3 Å². The van der Waals surface area contributed by atoms with Gasteiger partial charge in [0.1, 0.15) is 5.75 Å². The van der Waals surface area contributed by atoms with Gasteiger partial charge in [0.25, 0.3) is 5.91 Å². The Labute approximate surface area is 153 Å². The third-order valence-corrected chi connectivity index (χ3v) is 3.72. The first-order valence-corrected chi connectivity index (χ1v) is 8.83. The Morgan fingerprint density at radius 3 is 2.65 bits per heavy atom. The SMILES string of the molecule is CC(C)Oc1cccc(C(C)NC(=O)CCCNC(=O)c2ccco2)c1. The summed E-state index contributed by atoms with van der Waals surface area (Å²) in [7, 11) is 0. The van der Waals surface area contributed by atoms with Crippen LogP contribution in [-0.2, 0) is 4.79 Å². The van der Waals surface area contributed by atoms with Gasteiger partial charge in [-0.2, -0.15) is 0 Å². The van der Waals surface area contributed by atoms with E-state index < -0.39 is 0 Å². The van der Waals surface area contributed by atoms with Crippen LogP contribution in [0.1, 0.15) is 55.8 Å². The summed E-state index contributed by atoms with van der Waals surface area (Å²) >= 11 is 0. The number of hydrogen-bond acceptors (Lipinski definition) is 4. The van der Waals surface area contributed by atoms with Gasteiger partial charge in [0.15, 0.2) is 5.76 Å². The number of furan rings is 1. The van der Waals surface area contributed by atoms with Crippen LogP contribution in [0, 0.1) is 0 Å². The Kier molecular flexibility index (Phi) is 7.26. The first kappa shape index (κ1) is 19.6. The summed E-state index contributed by atoms with van der Waals surface area (Å²) in [5.41, 5.74) is 0.989. The van der Waals surface area contributed by atoms with Crippen molar-refractivity contribution in [2.24, 2.45) is 0 Å². The average Bonchev–Trinajstić information content (AvgIpc) is 3.13. The first-order valence-electron chi connectivity index (χ1n) is 8.83. The molecular formula is C20H26N2O4. The maximum absolute atomic E-state index is 12.1. The molecule has 2 N–H and O–H groups in total. The van der Waals surface area contributed by atoms with Crippen LogP contribution < -0.4 is 15.4 Å². The van der Waals surface area contributed by atoms with E-state index in [1.54, 1.807) is 12.1 Å². The fourth-order valence-electron chi connectivity index (χ4n) is 2.47. The number of carbonyl (C=O) groups excluding carboxylic acids is 2. The van der Waals surface area contributed by atoms with Gasteiger partial charge in [-0.15, -0.1) is 0 Å². The third-order valence-electron chi connectivity index (χ3n) is 3.72. The van der Waals surface area contributed by atoms with Crippen LogP contribution in [-0.4, -0.2) is 24.5 Å². The molecule has 1 unspecified atom stereocenters. The predicted octanol–water partition coefficient (Wildman–Crippen LogP) is 3.45. The Bertz CT molecular complexity index is 710. The minimum atomic E-state index is -0.272. The Morgan fingerprint density at radius 1 is 1.15 bits per heavy atom. The van der Waals surface area contributed by atoms with Crippen LogP contribution >= 0.6 is 0 Å². The number of nitrogens with one attached hydrogen (secondary N) is 2. The van der Waals surface area contributed by atoms with Crippen molar-refractivity contribution in [1.29, 1.82) is 0 Å². The van der Waals surface area contributed by atoms with Crippen molar-refractivity contribution in [2.75, 3.05) is 6.54 Å². The molecule has 6 nitrogen and oxygen atoms in total. The van der Waals surface area contributed by atoms with Gasteiger partial charge in [-0.3, -0.25) is 9.59 Å². The van der Waals surface area contributed by atoms with Crippen molar-refractivity contribution in [3.05, 3.63) is 54.0 Å². The van der Waals surface area contributed by atoms with Crippen molar-refractivity contribution >= 4 is 11.8 Å². The summed E-state index contributed by atoms with van der Waals surface area (Å²) in [5, 5.41) is 5.69. The molecule has 0 saturated heterocycles. The summed E-state index contributed by atoms with van der Waals surface area (Å²) in [4.78, 5) is 23.8. The lowest BCUT2D eigenvalue weighted by molar-refractivity contribution is -0.121. The molecule has 6 heteroatoms. The second kappa shape index (κ2) is 9.65. The van der Waals surface area contributed by atoms with E-state index in [-0.39, 0.29) is 29.7 Å². The quantitative estimate of drug-likeness (QED) is 0.673. The van der Waals surface area contributed by atoms with Crippen LogP contribution in [0.2, 0.25) is 0 Å². The predicted molar refractivity (Wildman–Crippen MR) is 99.0 cm³/mol. The zero-order chi connectivity index (χ0) is 18.9. The van der Waals surface area contributed by atoms with Crippen LogP contribution in [0.5, 0.6) is 5.75 Å². The summed E-state index contributed by atoms with van der Waals surface area (Å²) in [6.07, 6.45) is 2.45. The Hall–Kier alpha value is -2.76. The highest BCUT2D eigenvalue weighted by molar-refractivity contribution is 5.91. The van der Waals surface area contributed by atoms with Gasteiger partial charge in [-0.05, 0) is 57.0 Å². The number of carbonyl (C=O) groups is 2. The van der Waals surface area contributed by atoms with Gasteiger partial charge in [-0.25, -0.2) is 0 Å². The fourth-order valence-corrected chi connectivity index (χ4v) is 2.47. The Morgan fingerprint density at radius 2 is 1.96 bits per heavy atom. The summed E-state index contributed by atoms with van der Waals surface area (Å²) in [6, 6.07) is 10.9. The highest BCUT2D eigenvalue weighted by atomic mass is 16.5. The average molecular weight is 358 g/mol. The molecule has 1 heterocycles. The number of amides is 2. The molecule has 0 saturated carbocycles. The maximum Gasteiger partial charge on any atom is 0.286 e. The van der Waals surface area contributed by atoms with Gasteiger partial charge >= 0.3 is 0 Å². The second-order valence-electron chi connectivity index (χ2n) is 6.37. The normalized spacial score (nSPS) is 11.8. The van der Waals surface area contributed by atoms with E-state index in [4.69, 9.17) is 9.15 Å². The topological polar surface area (TPSA) is 80.6 Å². The molecule has 0 radical (unpaired) electrons. The van der Waals surface area contributed by atoms with E-state index in [1.165, 1.54) is 6.26 Å². The van der Waals surface area contributed by atoms with Gasteiger partial charge < -0.3 is 19.8 Å². The van der Waals surface area contributed by atoms with E-state index in [2.05, 4.69) is 10.6 Å². The monoisotopic (exact) mass is 358 g/mol. The third kappa shape index (κ3) is 6.27. The molecule has 0 bridgehead atoms. The molecule has 2 aromatic rings. The molecule has 0 fully saturated rings. The molecule has 0 aliphatic heterocycles. The summed E-state index contributed by atoms with van der Waals surface area (Å²) < 4.78 is 10.7. The zero-order valence-electron chi connectivity index (χ0n) is 15.5. The van der Waals surface area contributed by atoms with Crippen molar-refractivity contribution in [3.8, 4) is 5.75 Å². The van der Waals surface area contributed by atoms with Gasteiger partial charge in [0, 0.05) is 13.0 Å². The number of rotatable bonds is 9. The molecule has 0 spiro atoms. The fraction of sp³-hybridized carbons (Fsp3) is 0.400. The molecule has 1 aromatic heterocycles. The smallest absolute Gasteiger partial charge is 0.286 e.